The van der Waals surface area contributed by atoms with Crippen molar-refractivity contribution >= 4 is 34.0 Å². The summed E-state index contributed by atoms with van der Waals surface area (Å²) < 4.78 is 5.49. The molecular weight excluding hydrogens is 398 g/mol. The number of anilines is 2. The Labute approximate surface area is 179 Å². The van der Waals surface area contributed by atoms with Crippen LogP contribution in [0.2, 0.25) is 0 Å². The number of hydrogen-bond acceptors (Lipinski definition) is 5. The Hall–Kier alpha value is -3.19. The van der Waals surface area contributed by atoms with Gasteiger partial charge in [0.05, 0.1) is 11.4 Å². The van der Waals surface area contributed by atoms with E-state index in [4.69, 9.17) is 4.74 Å². The smallest absolute Gasteiger partial charge is 0.264 e. The normalized spacial score (nSPS) is 13.0. The van der Waals surface area contributed by atoms with Crippen molar-refractivity contribution in [3.8, 4) is 17.0 Å². The van der Waals surface area contributed by atoms with Gasteiger partial charge in [0.2, 0.25) is 5.91 Å². The third kappa shape index (κ3) is 4.21. The van der Waals surface area contributed by atoms with E-state index in [1.807, 2.05) is 32.0 Å². The van der Waals surface area contributed by atoms with Crippen molar-refractivity contribution in [2.75, 3.05) is 23.9 Å². The quantitative estimate of drug-likeness (QED) is 0.665. The van der Waals surface area contributed by atoms with E-state index in [0.717, 1.165) is 27.4 Å². The van der Waals surface area contributed by atoms with Gasteiger partial charge in [-0.2, -0.15) is 0 Å². The standard InChI is InChI=1S/C23H23N3O3S/c1-14-4-6-16(7-5-14)8-11-20(27)24-23-25-22(15(2)30-23)17-9-10-19-18(12-17)26(3)21(28)13-29-19/h4-7,9-10,12H,8,11,13H2,1-3H3,(H,24,25,27). The van der Waals surface area contributed by atoms with Crippen LogP contribution in [0.5, 0.6) is 5.75 Å². The van der Waals surface area contributed by atoms with Crippen molar-refractivity contribution in [3.05, 3.63) is 58.5 Å². The highest BCUT2D eigenvalue weighted by Crippen LogP contribution is 2.37. The zero-order valence-corrected chi connectivity index (χ0v) is 18.0. The van der Waals surface area contributed by atoms with Crippen LogP contribution in [0.15, 0.2) is 42.5 Å². The fourth-order valence-corrected chi connectivity index (χ4v) is 4.18. The van der Waals surface area contributed by atoms with Gasteiger partial charge in [0.15, 0.2) is 11.7 Å². The third-order valence-electron chi connectivity index (χ3n) is 5.12. The second-order valence-electron chi connectivity index (χ2n) is 7.38. The lowest BCUT2D eigenvalue weighted by Crippen LogP contribution is -2.35. The van der Waals surface area contributed by atoms with Gasteiger partial charge in [0, 0.05) is 23.9 Å². The van der Waals surface area contributed by atoms with Gasteiger partial charge in [-0.25, -0.2) is 4.98 Å². The van der Waals surface area contributed by atoms with Gasteiger partial charge >= 0.3 is 0 Å². The maximum atomic E-state index is 12.4. The third-order valence-corrected chi connectivity index (χ3v) is 6.01. The molecule has 0 spiro atoms. The highest BCUT2D eigenvalue weighted by atomic mass is 32.1. The number of carbonyl (C=O) groups excluding carboxylic acids is 2. The SMILES string of the molecule is Cc1ccc(CCC(=O)Nc2nc(-c3ccc4c(c3)N(C)C(=O)CO4)c(C)s2)cc1. The lowest BCUT2D eigenvalue weighted by atomic mass is 10.1. The molecule has 1 aromatic heterocycles. The van der Waals surface area contributed by atoms with E-state index in [0.29, 0.717) is 23.7 Å². The zero-order valence-electron chi connectivity index (χ0n) is 17.2. The highest BCUT2D eigenvalue weighted by molar-refractivity contribution is 7.16. The number of aromatic nitrogens is 1. The van der Waals surface area contributed by atoms with E-state index in [1.165, 1.54) is 16.9 Å². The number of nitrogens with one attached hydrogen (secondary N) is 1. The van der Waals surface area contributed by atoms with Gasteiger partial charge in [-0.05, 0) is 44.0 Å². The number of nitrogens with zero attached hydrogens (tertiary/aromatic N) is 2. The van der Waals surface area contributed by atoms with Crippen LogP contribution in [0.4, 0.5) is 10.8 Å². The molecule has 0 bridgehead atoms. The molecule has 154 valence electrons. The summed E-state index contributed by atoms with van der Waals surface area (Å²) in [6, 6.07) is 13.9. The summed E-state index contributed by atoms with van der Waals surface area (Å²) in [7, 11) is 1.74. The van der Waals surface area contributed by atoms with E-state index in [1.54, 1.807) is 11.9 Å². The number of fused-ring (bicyclic) bond motifs is 1. The monoisotopic (exact) mass is 421 g/mol. The molecule has 0 unspecified atom stereocenters. The van der Waals surface area contributed by atoms with Crippen LogP contribution in [0.3, 0.4) is 0 Å². The number of benzene rings is 2. The van der Waals surface area contributed by atoms with Crippen molar-refractivity contribution in [1.29, 1.82) is 0 Å². The number of likely N-dealkylation sites (N-methyl/N-ethyl adjacent to an activating group) is 1. The van der Waals surface area contributed by atoms with Gasteiger partial charge in [-0.15, -0.1) is 11.3 Å². The molecule has 30 heavy (non-hydrogen) atoms. The number of amides is 2. The molecular formula is C23H23N3O3S. The molecule has 1 aliphatic heterocycles. The predicted molar refractivity (Wildman–Crippen MR) is 119 cm³/mol. The molecule has 0 saturated carbocycles. The lowest BCUT2D eigenvalue weighted by molar-refractivity contribution is -0.121. The van der Waals surface area contributed by atoms with Gasteiger partial charge in [-0.3, -0.25) is 9.59 Å². The average Bonchev–Trinajstić information content (AvgIpc) is 3.10. The number of carbonyl (C=O) groups is 2. The first-order valence-electron chi connectivity index (χ1n) is 9.77. The maximum absolute atomic E-state index is 12.4. The van der Waals surface area contributed by atoms with E-state index >= 15 is 0 Å². The topological polar surface area (TPSA) is 71.5 Å². The molecule has 0 atom stereocenters. The Balaban J connectivity index is 1.46. The molecule has 2 heterocycles. The van der Waals surface area contributed by atoms with Crippen molar-refractivity contribution in [3.63, 3.8) is 0 Å². The summed E-state index contributed by atoms with van der Waals surface area (Å²) in [6.45, 7) is 4.07. The zero-order chi connectivity index (χ0) is 21.3. The molecule has 0 radical (unpaired) electrons. The first-order valence-corrected chi connectivity index (χ1v) is 10.6. The van der Waals surface area contributed by atoms with Gasteiger partial charge in [0.1, 0.15) is 5.75 Å². The van der Waals surface area contributed by atoms with Crippen molar-refractivity contribution in [1.82, 2.24) is 4.98 Å². The first-order chi connectivity index (χ1) is 14.4. The number of ether oxygens (including phenoxy) is 1. The van der Waals surface area contributed by atoms with Crippen molar-refractivity contribution in [2.24, 2.45) is 0 Å². The van der Waals surface area contributed by atoms with Crippen LogP contribution in [0.1, 0.15) is 22.4 Å². The molecule has 2 amide bonds. The number of aryl methyl sites for hydroxylation is 3. The van der Waals surface area contributed by atoms with Crippen LogP contribution < -0.4 is 15.0 Å². The first kappa shape index (κ1) is 20.1. The average molecular weight is 422 g/mol. The molecule has 2 aromatic carbocycles. The van der Waals surface area contributed by atoms with E-state index in [9.17, 15) is 9.59 Å². The number of hydrogen-bond donors (Lipinski definition) is 1. The minimum absolute atomic E-state index is 0.0529. The summed E-state index contributed by atoms with van der Waals surface area (Å²) in [5.41, 5.74) is 4.75. The Morgan fingerprint density at radius 2 is 1.97 bits per heavy atom. The summed E-state index contributed by atoms with van der Waals surface area (Å²) in [6.07, 6.45) is 1.09. The Bertz CT molecular complexity index is 1110. The molecule has 3 aromatic rings. The number of thiazole rings is 1. The largest absolute Gasteiger partial charge is 0.482 e. The lowest BCUT2D eigenvalue weighted by Gasteiger charge is -2.26. The van der Waals surface area contributed by atoms with E-state index in [2.05, 4.69) is 34.6 Å². The van der Waals surface area contributed by atoms with Crippen LogP contribution in [-0.2, 0) is 16.0 Å². The minimum Gasteiger partial charge on any atom is -0.482 e. The summed E-state index contributed by atoms with van der Waals surface area (Å²) in [5, 5.41) is 3.49. The van der Waals surface area contributed by atoms with Crippen LogP contribution >= 0.6 is 11.3 Å². The summed E-state index contributed by atoms with van der Waals surface area (Å²) in [5.74, 6) is 0.537. The van der Waals surface area contributed by atoms with Crippen molar-refractivity contribution < 1.29 is 14.3 Å². The molecule has 4 rings (SSSR count). The van der Waals surface area contributed by atoms with E-state index in [-0.39, 0.29) is 18.4 Å². The Morgan fingerprint density at radius 1 is 1.20 bits per heavy atom. The van der Waals surface area contributed by atoms with Crippen molar-refractivity contribution in [2.45, 2.75) is 26.7 Å². The van der Waals surface area contributed by atoms with Gasteiger partial charge < -0.3 is 15.0 Å². The van der Waals surface area contributed by atoms with Gasteiger partial charge in [0.25, 0.3) is 5.91 Å². The van der Waals surface area contributed by atoms with Crippen LogP contribution in [0, 0.1) is 13.8 Å². The fraction of sp³-hybridized carbons (Fsp3) is 0.261. The molecule has 0 fully saturated rings. The summed E-state index contributed by atoms with van der Waals surface area (Å²) in [4.78, 5) is 31.5. The Kier molecular flexibility index (Phi) is 5.55. The minimum atomic E-state index is -0.0869. The van der Waals surface area contributed by atoms with Gasteiger partial charge in [-0.1, -0.05) is 29.8 Å². The highest BCUT2D eigenvalue weighted by Gasteiger charge is 2.23. The predicted octanol–water partition coefficient (Wildman–Crippen LogP) is 4.35. The van der Waals surface area contributed by atoms with E-state index < -0.39 is 0 Å². The second kappa shape index (κ2) is 8.28. The fourth-order valence-electron chi connectivity index (χ4n) is 3.33. The van der Waals surface area contributed by atoms with Crippen LogP contribution in [-0.4, -0.2) is 30.5 Å². The molecule has 1 aliphatic rings. The number of rotatable bonds is 5. The maximum Gasteiger partial charge on any atom is 0.264 e. The molecule has 0 aliphatic carbocycles. The molecule has 0 saturated heterocycles. The summed E-state index contributed by atoms with van der Waals surface area (Å²) >= 11 is 1.45. The molecule has 7 heteroatoms. The molecule has 6 nitrogen and oxygen atoms in total. The second-order valence-corrected chi connectivity index (χ2v) is 8.58. The van der Waals surface area contributed by atoms with Crippen LogP contribution in [0.25, 0.3) is 11.3 Å². The Morgan fingerprint density at radius 3 is 2.73 bits per heavy atom. The molecule has 1 N–H and O–H groups in total.